The lowest BCUT2D eigenvalue weighted by atomic mass is 10.2. The van der Waals surface area contributed by atoms with Gasteiger partial charge >= 0.3 is 0 Å². The normalized spacial score (nSPS) is 16.8. The predicted molar refractivity (Wildman–Crippen MR) is 99.7 cm³/mol. The van der Waals surface area contributed by atoms with Crippen LogP contribution >= 0.6 is 36.4 Å². The van der Waals surface area contributed by atoms with Gasteiger partial charge in [0.05, 0.1) is 12.8 Å². The van der Waals surface area contributed by atoms with Gasteiger partial charge in [0.2, 0.25) is 5.91 Å². The standard InChI is InChI=1S/C15H22ClN3O2.2ClH/c1-11-10-17-7-8-19(11)15(20)5-6-18-13-9-12(16)3-4-14(13)21-2;;/h3-4,9,11,17-18H,5-8,10H2,1-2H3;2*1H/t11-;;/m1../s1. The monoisotopic (exact) mass is 383 g/mol. The van der Waals surface area contributed by atoms with E-state index in [2.05, 4.69) is 17.6 Å². The van der Waals surface area contributed by atoms with Crippen LogP contribution in [0.1, 0.15) is 13.3 Å². The SMILES string of the molecule is COc1ccc(Cl)cc1NCCC(=O)N1CCNC[C@H]1C.Cl.Cl. The van der Waals surface area contributed by atoms with Crippen molar-refractivity contribution in [1.29, 1.82) is 0 Å². The Morgan fingerprint density at radius 1 is 1.48 bits per heavy atom. The molecule has 2 N–H and O–H groups in total. The molecule has 0 unspecified atom stereocenters. The molecule has 1 aromatic carbocycles. The number of halogens is 3. The van der Waals surface area contributed by atoms with E-state index in [1.54, 1.807) is 19.2 Å². The molecule has 1 aliphatic heterocycles. The van der Waals surface area contributed by atoms with E-state index in [-0.39, 0.29) is 36.8 Å². The maximum Gasteiger partial charge on any atom is 0.224 e. The topological polar surface area (TPSA) is 53.6 Å². The number of methoxy groups -OCH3 is 1. The second-order valence-corrected chi connectivity index (χ2v) is 5.60. The van der Waals surface area contributed by atoms with Crippen LogP contribution in [0.3, 0.4) is 0 Å². The number of amides is 1. The Balaban J connectivity index is 0.00000242. The van der Waals surface area contributed by atoms with Crippen molar-refractivity contribution < 1.29 is 9.53 Å². The number of hydrogen-bond acceptors (Lipinski definition) is 4. The zero-order valence-electron chi connectivity index (χ0n) is 13.3. The summed E-state index contributed by atoms with van der Waals surface area (Å²) in [6.45, 7) is 5.14. The molecule has 1 heterocycles. The summed E-state index contributed by atoms with van der Waals surface area (Å²) in [6, 6.07) is 5.65. The van der Waals surface area contributed by atoms with E-state index >= 15 is 0 Å². The number of benzene rings is 1. The molecule has 5 nitrogen and oxygen atoms in total. The third-order valence-electron chi connectivity index (χ3n) is 3.64. The van der Waals surface area contributed by atoms with Crippen molar-refractivity contribution in [3.05, 3.63) is 23.2 Å². The zero-order valence-corrected chi connectivity index (χ0v) is 15.7. The molecule has 1 aliphatic rings. The molecule has 0 aliphatic carbocycles. The molecule has 0 spiro atoms. The fraction of sp³-hybridized carbons (Fsp3) is 0.533. The van der Waals surface area contributed by atoms with E-state index in [1.165, 1.54) is 0 Å². The Kier molecular flexibility index (Phi) is 10.4. The van der Waals surface area contributed by atoms with Crippen LogP contribution in [0, 0.1) is 0 Å². The number of carbonyl (C=O) groups excluding carboxylic acids is 1. The molecule has 132 valence electrons. The number of anilines is 1. The van der Waals surface area contributed by atoms with Gasteiger partial charge in [-0.2, -0.15) is 0 Å². The summed E-state index contributed by atoms with van der Waals surface area (Å²) >= 11 is 5.98. The molecular weight excluding hydrogens is 361 g/mol. The average Bonchev–Trinajstić information content (AvgIpc) is 2.48. The van der Waals surface area contributed by atoms with E-state index in [0.717, 1.165) is 31.1 Å². The molecule has 1 fully saturated rings. The van der Waals surface area contributed by atoms with Crippen LogP contribution in [0.2, 0.25) is 5.02 Å². The number of nitrogens with zero attached hydrogens (tertiary/aromatic N) is 1. The predicted octanol–water partition coefficient (Wildman–Crippen LogP) is 2.81. The number of nitrogens with one attached hydrogen (secondary N) is 2. The van der Waals surface area contributed by atoms with E-state index in [0.29, 0.717) is 18.0 Å². The van der Waals surface area contributed by atoms with Crippen molar-refractivity contribution in [1.82, 2.24) is 10.2 Å². The highest BCUT2D eigenvalue weighted by Crippen LogP contribution is 2.27. The van der Waals surface area contributed by atoms with Gasteiger partial charge in [-0.05, 0) is 25.1 Å². The summed E-state index contributed by atoms with van der Waals surface area (Å²) in [4.78, 5) is 14.2. The molecule has 0 aromatic heterocycles. The minimum absolute atomic E-state index is 0. The van der Waals surface area contributed by atoms with Crippen molar-refractivity contribution in [2.75, 3.05) is 38.6 Å². The van der Waals surface area contributed by atoms with Crippen molar-refractivity contribution in [3.63, 3.8) is 0 Å². The van der Waals surface area contributed by atoms with E-state index in [9.17, 15) is 4.79 Å². The molecule has 1 saturated heterocycles. The van der Waals surface area contributed by atoms with Gasteiger partial charge < -0.3 is 20.3 Å². The molecule has 8 heteroatoms. The van der Waals surface area contributed by atoms with Gasteiger partial charge in [-0.3, -0.25) is 4.79 Å². The van der Waals surface area contributed by atoms with E-state index in [4.69, 9.17) is 16.3 Å². The fourth-order valence-corrected chi connectivity index (χ4v) is 2.65. The van der Waals surface area contributed by atoms with Crippen LogP contribution < -0.4 is 15.4 Å². The number of rotatable bonds is 5. The molecule has 0 radical (unpaired) electrons. The third-order valence-corrected chi connectivity index (χ3v) is 3.87. The Hall–Kier alpha value is -0.880. The first kappa shape index (κ1) is 22.1. The molecule has 2 rings (SSSR count). The van der Waals surface area contributed by atoms with Crippen LogP contribution in [-0.4, -0.2) is 50.1 Å². The van der Waals surface area contributed by atoms with Crippen LogP contribution in [-0.2, 0) is 4.79 Å². The van der Waals surface area contributed by atoms with Crippen LogP contribution in [0.5, 0.6) is 5.75 Å². The highest BCUT2D eigenvalue weighted by molar-refractivity contribution is 6.30. The largest absolute Gasteiger partial charge is 0.495 e. The minimum Gasteiger partial charge on any atom is -0.495 e. The average molecular weight is 385 g/mol. The maximum atomic E-state index is 12.2. The van der Waals surface area contributed by atoms with Crippen molar-refractivity contribution in [2.45, 2.75) is 19.4 Å². The van der Waals surface area contributed by atoms with Gasteiger partial charge in [0, 0.05) is 43.7 Å². The molecule has 1 amide bonds. The van der Waals surface area contributed by atoms with Crippen molar-refractivity contribution >= 4 is 48.0 Å². The van der Waals surface area contributed by atoms with Gasteiger partial charge in [0.15, 0.2) is 0 Å². The summed E-state index contributed by atoms with van der Waals surface area (Å²) in [5.74, 6) is 0.903. The van der Waals surface area contributed by atoms with Crippen LogP contribution in [0.15, 0.2) is 18.2 Å². The van der Waals surface area contributed by atoms with E-state index < -0.39 is 0 Å². The molecule has 0 bridgehead atoms. The number of carbonyl (C=O) groups is 1. The van der Waals surface area contributed by atoms with Crippen LogP contribution in [0.4, 0.5) is 5.69 Å². The summed E-state index contributed by atoms with van der Waals surface area (Å²) in [6.07, 6.45) is 0.458. The summed E-state index contributed by atoms with van der Waals surface area (Å²) in [7, 11) is 1.61. The molecule has 0 saturated carbocycles. The quantitative estimate of drug-likeness (QED) is 0.819. The number of ether oxygens (including phenoxy) is 1. The van der Waals surface area contributed by atoms with Crippen molar-refractivity contribution in [3.8, 4) is 5.75 Å². The first-order valence-corrected chi connectivity index (χ1v) is 7.57. The highest BCUT2D eigenvalue weighted by atomic mass is 35.5. The van der Waals surface area contributed by atoms with Crippen LogP contribution in [0.25, 0.3) is 0 Å². The maximum absolute atomic E-state index is 12.2. The van der Waals surface area contributed by atoms with E-state index in [1.807, 2.05) is 11.0 Å². The Morgan fingerprint density at radius 2 is 2.22 bits per heavy atom. The second kappa shape index (κ2) is 10.8. The lowest BCUT2D eigenvalue weighted by molar-refractivity contribution is -0.133. The Bertz CT molecular complexity index is 503. The van der Waals surface area contributed by atoms with Crippen molar-refractivity contribution in [2.24, 2.45) is 0 Å². The molecule has 1 aromatic rings. The lowest BCUT2D eigenvalue weighted by Crippen LogP contribution is -2.52. The molecule has 23 heavy (non-hydrogen) atoms. The summed E-state index contributed by atoms with van der Waals surface area (Å²) < 4.78 is 5.27. The Labute approximate surface area is 154 Å². The first-order chi connectivity index (χ1) is 10.1. The highest BCUT2D eigenvalue weighted by Gasteiger charge is 2.22. The minimum atomic E-state index is 0. The Morgan fingerprint density at radius 3 is 2.87 bits per heavy atom. The van der Waals surface area contributed by atoms with Gasteiger partial charge in [-0.25, -0.2) is 0 Å². The van der Waals surface area contributed by atoms with Gasteiger partial charge in [0.25, 0.3) is 0 Å². The van der Waals surface area contributed by atoms with Gasteiger partial charge in [-0.15, -0.1) is 24.8 Å². The number of piperazine rings is 1. The smallest absolute Gasteiger partial charge is 0.224 e. The first-order valence-electron chi connectivity index (χ1n) is 7.19. The van der Waals surface area contributed by atoms with Gasteiger partial charge in [-0.1, -0.05) is 11.6 Å². The third kappa shape index (κ3) is 6.26. The van der Waals surface area contributed by atoms with Gasteiger partial charge in [0.1, 0.15) is 5.75 Å². The summed E-state index contributed by atoms with van der Waals surface area (Å²) in [5, 5.41) is 7.14. The lowest BCUT2D eigenvalue weighted by Gasteiger charge is -2.34. The molecule has 1 atom stereocenters. The molecular formula is C15H24Cl3N3O2. The zero-order chi connectivity index (χ0) is 15.2. The summed E-state index contributed by atoms with van der Waals surface area (Å²) in [5.41, 5.74) is 0.811. The fourth-order valence-electron chi connectivity index (χ4n) is 2.48. The second-order valence-electron chi connectivity index (χ2n) is 5.16. The number of hydrogen-bond donors (Lipinski definition) is 2.